The Hall–Kier alpha value is -4.14. The molecule has 0 spiro atoms. The first-order valence-corrected chi connectivity index (χ1v) is 9.43. The average molecular weight is 390 g/mol. The normalized spacial score (nSPS) is 9.80. The molecular weight excluding hydrogens is 374 g/mol. The van der Waals surface area contributed by atoms with Crippen LogP contribution in [0.3, 0.4) is 0 Å². The van der Waals surface area contributed by atoms with Crippen molar-refractivity contribution in [2.45, 2.75) is 0 Å². The molecule has 4 aromatic rings. The van der Waals surface area contributed by atoms with Crippen molar-refractivity contribution in [3.8, 4) is 34.8 Å². The highest BCUT2D eigenvalue weighted by Crippen LogP contribution is 2.27. The Bertz CT molecular complexity index is 1200. The van der Waals surface area contributed by atoms with Crippen molar-refractivity contribution >= 4 is 0 Å². The number of benzene rings is 4. The first-order chi connectivity index (χ1) is 14.7. The van der Waals surface area contributed by atoms with Gasteiger partial charge in [0.25, 0.3) is 0 Å². The molecule has 0 aliphatic rings. The highest BCUT2D eigenvalue weighted by Gasteiger charge is 2.08. The molecule has 0 N–H and O–H groups in total. The van der Waals surface area contributed by atoms with Crippen molar-refractivity contribution < 1.29 is 8.78 Å². The fourth-order valence-electron chi connectivity index (χ4n) is 3.02. The maximum Gasteiger partial charge on any atom is 0.123 e. The lowest BCUT2D eigenvalue weighted by Gasteiger charge is -2.08. The number of hydrogen-bond donors (Lipinski definition) is 0. The minimum Gasteiger partial charge on any atom is -0.207 e. The molecule has 0 heterocycles. The Labute approximate surface area is 174 Å². The molecule has 0 nitrogen and oxygen atoms in total. The largest absolute Gasteiger partial charge is 0.207 e. The molecule has 0 bridgehead atoms. The summed E-state index contributed by atoms with van der Waals surface area (Å²) >= 11 is 0. The molecule has 0 amide bonds. The monoisotopic (exact) mass is 390 g/mol. The summed E-state index contributed by atoms with van der Waals surface area (Å²) in [6.45, 7) is 0. The second kappa shape index (κ2) is 8.91. The molecule has 0 aliphatic heterocycles. The third-order valence-corrected chi connectivity index (χ3v) is 4.50. The van der Waals surface area contributed by atoms with Gasteiger partial charge in [0.15, 0.2) is 0 Å². The average Bonchev–Trinajstić information content (AvgIpc) is 2.79. The lowest BCUT2D eigenvalue weighted by Crippen LogP contribution is -1.90. The highest BCUT2D eigenvalue weighted by atomic mass is 19.1. The molecule has 2 heteroatoms. The Balaban J connectivity index is 1.81. The summed E-state index contributed by atoms with van der Waals surface area (Å²) in [6, 6.07) is 27.9. The van der Waals surface area contributed by atoms with Crippen molar-refractivity contribution in [2.75, 3.05) is 0 Å². The Kier molecular flexibility index (Phi) is 5.70. The van der Waals surface area contributed by atoms with E-state index in [1.165, 1.54) is 24.3 Å². The maximum atomic E-state index is 13.2. The van der Waals surface area contributed by atoms with E-state index in [0.717, 1.165) is 33.4 Å². The van der Waals surface area contributed by atoms with Gasteiger partial charge in [0, 0.05) is 27.8 Å². The second-order valence-corrected chi connectivity index (χ2v) is 6.61. The number of rotatable bonds is 1. The first-order valence-electron chi connectivity index (χ1n) is 9.43. The predicted molar refractivity (Wildman–Crippen MR) is 117 cm³/mol. The minimum absolute atomic E-state index is 0.288. The molecule has 4 rings (SSSR count). The van der Waals surface area contributed by atoms with Crippen LogP contribution in [0.5, 0.6) is 0 Å². The topological polar surface area (TPSA) is 0 Å². The van der Waals surface area contributed by atoms with Crippen molar-refractivity contribution in [3.05, 3.63) is 131 Å². The summed E-state index contributed by atoms with van der Waals surface area (Å²) in [7, 11) is 0. The molecule has 0 saturated carbocycles. The van der Waals surface area contributed by atoms with Crippen LogP contribution in [0.15, 0.2) is 97.1 Å². The zero-order valence-corrected chi connectivity index (χ0v) is 16.0. The molecule has 0 radical (unpaired) electrons. The molecule has 30 heavy (non-hydrogen) atoms. The highest BCUT2D eigenvalue weighted by molar-refractivity contribution is 5.78. The molecule has 0 aliphatic carbocycles. The van der Waals surface area contributed by atoms with Crippen LogP contribution in [-0.2, 0) is 0 Å². The van der Waals surface area contributed by atoms with Crippen molar-refractivity contribution in [1.82, 2.24) is 0 Å². The van der Waals surface area contributed by atoms with Crippen LogP contribution >= 0.6 is 0 Å². The fraction of sp³-hybridized carbons (Fsp3) is 0. The van der Waals surface area contributed by atoms with Crippen LogP contribution in [0.2, 0.25) is 0 Å². The molecular formula is C28H16F2. The van der Waals surface area contributed by atoms with Crippen LogP contribution < -0.4 is 0 Å². The van der Waals surface area contributed by atoms with Gasteiger partial charge in [0.2, 0.25) is 0 Å². The van der Waals surface area contributed by atoms with E-state index in [9.17, 15) is 8.78 Å². The third-order valence-electron chi connectivity index (χ3n) is 4.50. The molecule has 0 fully saturated rings. The van der Waals surface area contributed by atoms with Crippen molar-refractivity contribution in [3.63, 3.8) is 0 Å². The van der Waals surface area contributed by atoms with E-state index in [2.05, 4.69) is 23.7 Å². The van der Waals surface area contributed by atoms with Gasteiger partial charge in [-0.15, -0.1) is 0 Å². The lowest BCUT2D eigenvalue weighted by molar-refractivity contribution is 0.627. The smallest absolute Gasteiger partial charge is 0.123 e. The quantitative estimate of drug-likeness (QED) is 0.329. The summed E-state index contributed by atoms with van der Waals surface area (Å²) in [5.74, 6) is 12.0. The number of halogens is 2. The number of hydrogen-bond acceptors (Lipinski definition) is 0. The Morgan fingerprint density at radius 3 is 1.37 bits per heavy atom. The van der Waals surface area contributed by atoms with Crippen LogP contribution in [0.4, 0.5) is 8.78 Å². The van der Waals surface area contributed by atoms with Gasteiger partial charge in [-0.25, -0.2) is 8.78 Å². The maximum absolute atomic E-state index is 13.2. The van der Waals surface area contributed by atoms with E-state index < -0.39 is 0 Å². The zero-order valence-electron chi connectivity index (χ0n) is 16.0. The van der Waals surface area contributed by atoms with Crippen LogP contribution in [0.1, 0.15) is 22.3 Å². The van der Waals surface area contributed by atoms with E-state index in [0.29, 0.717) is 0 Å². The summed E-state index contributed by atoms with van der Waals surface area (Å²) in [4.78, 5) is 0. The molecule has 0 aromatic heterocycles. The van der Waals surface area contributed by atoms with Crippen molar-refractivity contribution in [1.29, 1.82) is 0 Å². The standard InChI is InChI=1S/C28H16F2/c29-26-17-11-21(12-18-26)9-15-24-7-4-8-25(28(24)23-5-2-1-3-6-23)16-10-22-13-19-27(30)20-14-22/h1-8,11-14,17-20H. The molecule has 0 saturated heterocycles. The fourth-order valence-corrected chi connectivity index (χ4v) is 3.02. The van der Waals surface area contributed by atoms with Crippen LogP contribution in [-0.4, -0.2) is 0 Å². The van der Waals surface area contributed by atoms with Gasteiger partial charge >= 0.3 is 0 Å². The van der Waals surface area contributed by atoms with E-state index in [1.807, 2.05) is 48.5 Å². The van der Waals surface area contributed by atoms with Gasteiger partial charge in [-0.3, -0.25) is 0 Å². The van der Waals surface area contributed by atoms with Gasteiger partial charge in [-0.2, -0.15) is 0 Å². The molecule has 0 unspecified atom stereocenters. The Morgan fingerprint density at radius 1 is 0.433 bits per heavy atom. The zero-order chi connectivity index (χ0) is 20.8. The Morgan fingerprint density at radius 2 is 0.900 bits per heavy atom. The van der Waals surface area contributed by atoms with Gasteiger partial charge in [0.05, 0.1) is 0 Å². The summed E-state index contributed by atoms with van der Waals surface area (Å²) in [6.07, 6.45) is 0. The van der Waals surface area contributed by atoms with E-state index in [-0.39, 0.29) is 11.6 Å². The molecule has 0 atom stereocenters. The molecule has 142 valence electrons. The SMILES string of the molecule is Fc1ccc(C#Cc2cccc(C#Cc3ccc(F)cc3)c2-c2ccccc2)cc1. The van der Waals surface area contributed by atoms with Crippen molar-refractivity contribution in [2.24, 2.45) is 0 Å². The summed E-state index contributed by atoms with van der Waals surface area (Å²) < 4.78 is 26.3. The van der Waals surface area contributed by atoms with Gasteiger partial charge < -0.3 is 0 Å². The van der Waals surface area contributed by atoms with Crippen LogP contribution in [0, 0.1) is 35.3 Å². The van der Waals surface area contributed by atoms with Crippen LogP contribution in [0.25, 0.3) is 11.1 Å². The van der Waals surface area contributed by atoms with E-state index in [4.69, 9.17) is 0 Å². The summed E-state index contributed by atoms with van der Waals surface area (Å²) in [5, 5.41) is 0. The second-order valence-electron chi connectivity index (χ2n) is 6.61. The van der Waals surface area contributed by atoms with Gasteiger partial charge in [-0.1, -0.05) is 60.1 Å². The van der Waals surface area contributed by atoms with E-state index in [1.54, 1.807) is 24.3 Å². The van der Waals surface area contributed by atoms with Gasteiger partial charge in [-0.05, 0) is 66.2 Å². The lowest BCUT2D eigenvalue weighted by atomic mass is 9.94. The minimum atomic E-state index is -0.288. The molecule has 4 aromatic carbocycles. The predicted octanol–water partition coefficient (Wildman–Crippen LogP) is 6.43. The first kappa shape index (κ1) is 19.2. The third kappa shape index (κ3) is 4.64. The summed E-state index contributed by atoms with van der Waals surface area (Å²) in [5.41, 5.74) is 5.07. The van der Waals surface area contributed by atoms with E-state index >= 15 is 0 Å². The van der Waals surface area contributed by atoms with Gasteiger partial charge in [0.1, 0.15) is 11.6 Å².